The summed E-state index contributed by atoms with van der Waals surface area (Å²) in [6, 6.07) is 8.14. The third-order valence-corrected chi connectivity index (χ3v) is 3.29. The number of carbonyl (C=O) groups is 1. The van der Waals surface area contributed by atoms with Crippen LogP contribution in [0.25, 0.3) is 0 Å². The molecular weight excluding hydrogens is 250 g/mol. The van der Waals surface area contributed by atoms with Crippen LogP contribution >= 0.6 is 11.6 Å². The van der Waals surface area contributed by atoms with Gasteiger partial charge in [-0.1, -0.05) is 30.7 Å². The lowest BCUT2D eigenvalue weighted by molar-refractivity contribution is -0.137. The smallest absolute Gasteiger partial charge is 0.303 e. The Balaban J connectivity index is 2.62. The van der Waals surface area contributed by atoms with Gasteiger partial charge in [0.2, 0.25) is 0 Å². The van der Waals surface area contributed by atoms with Gasteiger partial charge in [0.05, 0.1) is 0 Å². The van der Waals surface area contributed by atoms with Gasteiger partial charge in [0.25, 0.3) is 0 Å². The van der Waals surface area contributed by atoms with Gasteiger partial charge in [0.1, 0.15) is 0 Å². The molecule has 18 heavy (non-hydrogen) atoms. The molecule has 1 aromatic rings. The summed E-state index contributed by atoms with van der Waals surface area (Å²) >= 11 is 6.00. The van der Waals surface area contributed by atoms with E-state index in [-0.39, 0.29) is 12.5 Å². The van der Waals surface area contributed by atoms with E-state index in [2.05, 4.69) is 17.9 Å². The Morgan fingerprint density at radius 1 is 1.50 bits per heavy atom. The van der Waals surface area contributed by atoms with Gasteiger partial charge in [-0.3, -0.25) is 9.69 Å². The lowest BCUT2D eigenvalue weighted by Gasteiger charge is -2.27. The van der Waals surface area contributed by atoms with Crippen LogP contribution in [-0.2, 0) is 4.79 Å². The van der Waals surface area contributed by atoms with Gasteiger partial charge in [-0.05, 0) is 44.1 Å². The summed E-state index contributed by atoms with van der Waals surface area (Å²) in [7, 11) is 2.02. The highest BCUT2D eigenvalue weighted by atomic mass is 35.5. The SMILES string of the molecule is CCC(c1cccc(Cl)c1)N(C)CCCC(=O)O. The fraction of sp³-hybridized carbons (Fsp3) is 0.500. The highest BCUT2D eigenvalue weighted by Crippen LogP contribution is 2.25. The summed E-state index contributed by atoms with van der Waals surface area (Å²) in [5.41, 5.74) is 1.18. The topological polar surface area (TPSA) is 40.5 Å². The molecule has 0 fully saturated rings. The standard InChI is InChI=1S/C14H20ClNO2/c1-3-13(11-6-4-7-12(15)10-11)16(2)9-5-8-14(17)18/h4,6-7,10,13H,3,5,8-9H2,1-2H3,(H,17,18). The molecule has 0 aliphatic heterocycles. The van der Waals surface area contributed by atoms with Crippen molar-refractivity contribution in [1.82, 2.24) is 4.90 Å². The predicted molar refractivity (Wildman–Crippen MR) is 74.0 cm³/mol. The van der Waals surface area contributed by atoms with Crippen LogP contribution in [0.2, 0.25) is 5.02 Å². The molecule has 3 nitrogen and oxygen atoms in total. The van der Waals surface area contributed by atoms with Crippen molar-refractivity contribution in [2.24, 2.45) is 0 Å². The molecule has 1 rings (SSSR count). The summed E-state index contributed by atoms with van der Waals surface area (Å²) in [6.45, 7) is 2.90. The Morgan fingerprint density at radius 2 is 2.22 bits per heavy atom. The zero-order valence-electron chi connectivity index (χ0n) is 10.9. The monoisotopic (exact) mass is 269 g/mol. The molecule has 0 saturated carbocycles. The second kappa shape index (κ2) is 7.39. The molecule has 0 heterocycles. The molecule has 0 aliphatic carbocycles. The molecule has 0 bridgehead atoms. The molecule has 1 N–H and O–H groups in total. The second-order valence-corrected chi connectivity index (χ2v) is 4.89. The lowest BCUT2D eigenvalue weighted by Crippen LogP contribution is -2.25. The average Bonchev–Trinajstić information content (AvgIpc) is 2.29. The van der Waals surface area contributed by atoms with E-state index < -0.39 is 5.97 Å². The maximum atomic E-state index is 10.5. The molecule has 4 heteroatoms. The van der Waals surface area contributed by atoms with Gasteiger partial charge in [-0.15, -0.1) is 0 Å². The Morgan fingerprint density at radius 3 is 2.78 bits per heavy atom. The molecule has 1 atom stereocenters. The van der Waals surface area contributed by atoms with Crippen molar-refractivity contribution >= 4 is 17.6 Å². The van der Waals surface area contributed by atoms with Gasteiger partial charge < -0.3 is 5.11 Å². The van der Waals surface area contributed by atoms with Gasteiger partial charge in [-0.25, -0.2) is 0 Å². The first kappa shape index (κ1) is 15.0. The fourth-order valence-corrected chi connectivity index (χ4v) is 2.35. The predicted octanol–water partition coefficient (Wildman–Crippen LogP) is 3.59. The summed E-state index contributed by atoms with van der Waals surface area (Å²) in [5.74, 6) is -0.737. The van der Waals surface area contributed by atoms with Crippen molar-refractivity contribution < 1.29 is 9.90 Å². The number of rotatable bonds is 7. The van der Waals surface area contributed by atoms with E-state index >= 15 is 0 Å². The van der Waals surface area contributed by atoms with Crippen molar-refractivity contribution in [1.29, 1.82) is 0 Å². The highest BCUT2D eigenvalue weighted by Gasteiger charge is 2.15. The summed E-state index contributed by atoms with van der Waals surface area (Å²) in [5, 5.41) is 9.38. The minimum atomic E-state index is -0.737. The number of halogens is 1. The molecule has 0 amide bonds. The zero-order valence-corrected chi connectivity index (χ0v) is 11.7. The summed E-state index contributed by atoms with van der Waals surface area (Å²) in [6.07, 6.45) is 1.86. The third kappa shape index (κ3) is 4.67. The normalized spacial score (nSPS) is 12.7. The van der Waals surface area contributed by atoms with Crippen molar-refractivity contribution in [3.63, 3.8) is 0 Å². The number of hydrogen-bond donors (Lipinski definition) is 1. The Kier molecular flexibility index (Phi) is 6.16. The minimum absolute atomic E-state index is 0.219. The first-order valence-electron chi connectivity index (χ1n) is 6.22. The number of benzene rings is 1. The van der Waals surface area contributed by atoms with Gasteiger partial charge in [0, 0.05) is 17.5 Å². The van der Waals surface area contributed by atoms with Crippen LogP contribution in [0.4, 0.5) is 0 Å². The fourth-order valence-electron chi connectivity index (χ4n) is 2.15. The van der Waals surface area contributed by atoms with Gasteiger partial charge in [-0.2, -0.15) is 0 Å². The van der Waals surface area contributed by atoms with Gasteiger partial charge in [0.15, 0.2) is 0 Å². The highest BCUT2D eigenvalue weighted by molar-refractivity contribution is 6.30. The van der Waals surface area contributed by atoms with Crippen molar-refractivity contribution in [3.8, 4) is 0 Å². The number of aliphatic carboxylic acids is 1. The Labute approximate surface area is 113 Å². The number of carboxylic acid groups (broad SMARTS) is 1. The van der Waals surface area contributed by atoms with Crippen LogP contribution in [0.5, 0.6) is 0 Å². The van der Waals surface area contributed by atoms with Crippen molar-refractivity contribution in [2.45, 2.75) is 32.2 Å². The quantitative estimate of drug-likeness (QED) is 0.822. The first-order chi connectivity index (χ1) is 8.54. The lowest BCUT2D eigenvalue weighted by atomic mass is 10.0. The van der Waals surface area contributed by atoms with Crippen molar-refractivity contribution in [3.05, 3.63) is 34.9 Å². The van der Waals surface area contributed by atoms with E-state index in [0.717, 1.165) is 18.0 Å². The Bertz CT molecular complexity index is 395. The molecule has 0 spiro atoms. The van der Waals surface area contributed by atoms with E-state index in [9.17, 15) is 4.79 Å². The van der Waals surface area contributed by atoms with Crippen LogP contribution in [0.3, 0.4) is 0 Å². The molecule has 0 aromatic heterocycles. The number of carboxylic acids is 1. The van der Waals surface area contributed by atoms with Crippen LogP contribution in [0.15, 0.2) is 24.3 Å². The van der Waals surface area contributed by atoms with Crippen molar-refractivity contribution in [2.75, 3.05) is 13.6 Å². The maximum Gasteiger partial charge on any atom is 0.303 e. The third-order valence-electron chi connectivity index (χ3n) is 3.05. The minimum Gasteiger partial charge on any atom is -0.481 e. The van der Waals surface area contributed by atoms with Gasteiger partial charge >= 0.3 is 5.97 Å². The van der Waals surface area contributed by atoms with Crippen LogP contribution < -0.4 is 0 Å². The molecule has 0 radical (unpaired) electrons. The Hall–Kier alpha value is -1.06. The maximum absolute atomic E-state index is 10.5. The molecule has 0 aliphatic rings. The number of nitrogens with zero attached hydrogens (tertiary/aromatic N) is 1. The molecular formula is C14H20ClNO2. The molecule has 1 aromatic carbocycles. The van der Waals surface area contributed by atoms with Crippen LogP contribution in [-0.4, -0.2) is 29.6 Å². The molecule has 1 unspecified atom stereocenters. The summed E-state index contributed by atoms with van der Waals surface area (Å²) in [4.78, 5) is 12.7. The molecule has 100 valence electrons. The van der Waals surface area contributed by atoms with Crippen LogP contribution in [0.1, 0.15) is 37.8 Å². The van der Waals surface area contributed by atoms with Crippen LogP contribution in [0, 0.1) is 0 Å². The van der Waals surface area contributed by atoms with E-state index in [1.807, 2.05) is 25.2 Å². The second-order valence-electron chi connectivity index (χ2n) is 4.46. The van der Waals surface area contributed by atoms with E-state index in [1.165, 1.54) is 5.56 Å². The molecule has 0 saturated heterocycles. The van der Waals surface area contributed by atoms with E-state index in [0.29, 0.717) is 6.42 Å². The largest absolute Gasteiger partial charge is 0.481 e. The average molecular weight is 270 g/mol. The van der Waals surface area contributed by atoms with E-state index in [1.54, 1.807) is 0 Å². The first-order valence-corrected chi connectivity index (χ1v) is 6.60. The summed E-state index contributed by atoms with van der Waals surface area (Å²) < 4.78 is 0. The number of hydrogen-bond acceptors (Lipinski definition) is 2. The van der Waals surface area contributed by atoms with E-state index in [4.69, 9.17) is 16.7 Å². The zero-order chi connectivity index (χ0) is 13.5.